The number of nitrogens with zero attached hydrogens (tertiary/aromatic N) is 1. The fourth-order valence-electron chi connectivity index (χ4n) is 1.23. The Kier molecular flexibility index (Phi) is 9.39. The molecule has 0 aliphatic carbocycles. The number of hydrogen-bond acceptors (Lipinski definition) is 4. The van der Waals surface area contributed by atoms with Gasteiger partial charge in [-0.1, -0.05) is 25.7 Å². The Morgan fingerprint density at radius 1 is 1.06 bits per heavy atom. The zero-order chi connectivity index (χ0) is 12.3. The summed E-state index contributed by atoms with van der Waals surface area (Å²) in [5, 5.41) is 0. The van der Waals surface area contributed by atoms with Gasteiger partial charge < -0.3 is 9.79 Å². The molecule has 0 amide bonds. The minimum absolute atomic E-state index is 0.0969. The number of aliphatic imine (C=N–C) groups is 1. The van der Waals surface area contributed by atoms with E-state index in [2.05, 4.69) is 9.52 Å². The van der Waals surface area contributed by atoms with Gasteiger partial charge in [0.1, 0.15) is 0 Å². The molecule has 0 aromatic rings. The second-order valence-electron chi connectivity index (χ2n) is 3.42. The van der Waals surface area contributed by atoms with Crippen LogP contribution in [-0.2, 0) is 13.9 Å². The first-order valence-corrected chi connectivity index (χ1v) is 6.83. The molecule has 16 heavy (non-hydrogen) atoms. The van der Waals surface area contributed by atoms with E-state index in [1.54, 1.807) is 0 Å². The van der Waals surface area contributed by atoms with E-state index in [-0.39, 0.29) is 6.61 Å². The van der Waals surface area contributed by atoms with Gasteiger partial charge in [-0.05, 0) is 12.8 Å². The third kappa shape index (κ3) is 13.5. The number of isocyanates is 1. The molecule has 0 unspecified atom stereocenters. The van der Waals surface area contributed by atoms with Crippen LogP contribution in [0.3, 0.4) is 0 Å². The Morgan fingerprint density at radius 2 is 1.62 bits per heavy atom. The maximum Gasteiger partial charge on any atom is 0.469 e. The number of hydrogen-bond donors (Lipinski definition) is 2. The Hall–Kier alpha value is -0.510. The molecule has 6 nitrogen and oxygen atoms in total. The third-order valence-electron chi connectivity index (χ3n) is 1.99. The predicted molar refractivity (Wildman–Crippen MR) is 58.7 cm³/mol. The number of phosphoric acid groups is 1. The lowest BCUT2D eigenvalue weighted by Gasteiger charge is -2.04. The fraction of sp³-hybridized carbons (Fsp3) is 0.889. The topological polar surface area (TPSA) is 96.2 Å². The van der Waals surface area contributed by atoms with Crippen LogP contribution in [0.4, 0.5) is 0 Å². The van der Waals surface area contributed by atoms with Gasteiger partial charge in [0.15, 0.2) is 0 Å². The van der Waals surface area contributed by atoms with Crippen molar-refractivity contribution in [1.82, 2.24) is 0 Å². The maximum atomic E-state index is 10.3. The van der Waals surface area contributed by atoms with Gasteiger partial charge >= 0.3 is 7.82 Å². The molecule has 94 valence electrons. The second-order valence-corrected chi connectivity index (χ2v) is 4.66. The van der Waals surface area contributed by atoms with Crippen LogP contribution in [0.1, 0.15) is 38.5 Å². The summed E-state index contributed by atoms with van der Waals surface area (Å²) in [7, 11) is -4.29. The van der Waals surface area contributed by atoms with Crippen molar-refractivity contribution in [3.8, 4) is 0 Å². The quantitative estimate of drug-likeness (QED) is 0.267. The van der Waals surface area contributed by atoms with Gasteiger partial charge in [0, 0.05) is 0 Å². The fourth-order valence-corrected chi connectivity index (χ4v) is 1.60. The summed E-state index contributed by atoms with van der Waals surface area (Å²) in [4.78, 5) is 29.9. The lowest BCUT2D eigenvalue weighted by atomic mass is 10.1. The summed E-state index contributed by atoms with van der Waals surface area (Å²) in [6, 6.07) is 0. The van der Waals surface area contributed by atoms with Crippen molar-refractivity contribution in [2.75, 3.05) is 13.2 Å². The van der Waals surface area contributed by atoms with Gasteiger partial charge in [0.25, 0.3) is 0 Å². The van der Waals surface area contributed by atoms with Crippen LogP contribution in [0.25, 0.3) is 0 Å². The molecule has 0 bridgehead atoms. The van der Waals surface area contributed by atoms with Crippen LogP contribution >= 0.6 is 7.82 Å². The van der Waals surface area contributed by atoms with Crippen LogP contribution in [0, 0.1) is 0 Å². The van der Waals surface area contributed by atoms with Gasteiger partial charge in [0.05, 0.1) is 13.2 Å². The highest BCUT2D eigenvalue weighted by Gasteiger charge is 2.12. The minimum atomic E-state index is -4.29. The third-order valence-corrected chi connectivity index (χ3v) is 2.51. The summed E-state index contributed by atoms with van der Waals surface area (Å²) in [5.41, 5.74) is 0. The molecule has 0 fully saturated rings. The molecule has 0 aliphatic rings. The van der Waals surface area contributed by atoms with Crippen molar-refractivity contribution in [1.29, 1.82) is 0 Å². The summed E-state index contributed by atoms with van der Waals surface area (Å²) in [6.07, 6.45) is 6.94. The average molecular weight is 251 g/mol. The van der Waals surface area contributed by atoms with Gasteiger partial charge in [-0.15, -0.1) is 0 Å². The van der Waals surface area contributed by atoms with E-state index in [4.69, 9.17) is 9.79 Å². The lowest BCUT2D eigenvalue weighted by Crippen LogP contribution is -1.92. The Morgan fingerprint density at radius 3 is 2.19 bits per heavy atom. The molecule has 0 heterocycles. The molecule has 0 atom stereocenters. The molecule has 0 aromatic carbocycles. The van der Waals surface area contributed by atoms with Crippen LogP contribution in [0.5, 0.6) is 0 Å². The maximum absolute atomic E-state index is 10.3. The van der Waals surface area contributed by atoms with Gasteiger partial charge in [-0.3, -0.25) is 4.52 Å². The Bertz CT molecular complexity index is 259. The first kappa shape index (κ1) is 15.5. The highest BCUT2D eigenvalue weighted by atomic mass is 31.2. The zero-order valence-electron chi connectivity index (χ0n) is 9.17. The average Bonchev–Trinajstić information content (AvgIpc) is 2.19. The SMILES string of the molecule is O=C=NCCCCCCCCOP(=O)(O)O. The van der Waals surface area contributed by atoms with E-state index < -0.39 is 7.82 Å². The van der Waals surface area contributed by atoms with Crippen LogP contribution in [-0.4, -0.2) is 29.0 Å². The molecule has 0 spiro atoms. The normalized spacial score (nSPS) is 11.1. The molecule has 0 radical (unpaired) electrons. The smallest absolute Gasteiger partial charge is 0.303 e. The predicted octanol–water partition coefficient (Wildman–Crippen LogP) is 1.77. The number of carbonyl (C=O) groups excluding carboxylic acids is 1. The van der Waals surface area contributed by atoms with Crippen molar-refractivity contribution >= 4 is 13.9 Å². The first-order valence-electron chi connectivity index (χ1n) is 5.30. The molecule has 0 rings (SSSR count). The van der Waals surface area contributed by atoms with Crippen LogP contribution in [0.15, 0.2) is 4.99 Å². The van der Waals surface area contributed by atoms with E-state index in [9.17, 15) is 9.36 Å². The highest BCUT2D eigenvalue weighted by molar-refractivity contribution is 7.46. The number of phosphoric ester groups is 1. The Balaban J connectivity index is 3.10. The summed E-state index contributed by atoms with van der Waals surface area (Å²) in [5.74, 6) is 0. The number of rotatable bonds is 10. The second kappa shape index (κ2) is 9.70. The summed E-state index contributed by atoms with van der Waals surface area (Å²) in [6.45, 7) is 0.629. The van der Waals surface area contributed by atoms with Gasteiger partial charge in [0.2, 0.25) is 6.08 Å². The van der Waals surface area contributed by atoms with Crippen LogP contribution in [0.2, 0.25) is 0 Å². The zero-order valence-corrected chi connectivity index (χ0v) is 10.1. The molecule has 0 saturated carbocycles. The van der Waals surface area contributed by atoms with Crippen molar-refractivity contribution in [3.63, 3.8) is 0 Å². The van der Waals surface area contributed by atoms with Crippen molar-refractivity contribution in [2.24, 2.45) is 4.99 Å². The van der Waals surface area contributed by atoms with Crippen LogP contribution < -0.4 is 0 Å². The van der Waals surface area contributed by atoms with E-state index in [0.717, 1.165) is 32.1 Å². The lowest BCUT2D eigenvalue weighted by molar-refractivity contribution is 0.193. The minimum Gasteiger partial charge on any atom is -0.303 e. The van der Waals surface area contributed by atoms with Crippen molar-refractivity contribution in [3.05, 3.63) is 0 Å². The summed E-state index contributed by atoms with van der Waals surface area (Å²) >= 11 is 0. The molecular formula is C9H18NO5P. The van der Waals surface area contributed by atoms with Crippen molar-refractivity contribution in [2.45, 2.75) is 38.5 Å². The molecule has 2 N–H and O–H groups in total. The first-order chi connectivity index (χ1) is 7.56. The van der Waals surface area contributed by atoms with E-state index >= 15 is 0 Å². The highest BCUT2D eigenvalue weighted by Crippen LogP contribution is 2.35. The Labute approximate surface area is 95.0 Å². The summed E-state index contributed by atoms with van der Waals surface area (Å²) < 4.78 is 14.6. The molecule has 7 heteroatoms. The largest absolute Gasteiger partial charge is 0.469 e. The molecule has 0 saturated heterocycles. The van der Waals surface area contributed by atoms with E-state index in [1.807, 2.05) is 0 Å². The molecule has 0 aliphatic heterocycles. The molecular weight excluding hydrogens is 233 g/mol. The van der Waals surface area contributed by atoms with E-state index in [1.165, 1.54) is 6.08 Å². The standard InChI is InChI=1S/C9H18NO5P/c11-9-10-7-5-3-1-2-4-6-8-15-16(12,13)14/h1-8H2,(H2,12,13,14). The molecule has 0 aromatic heterocycles. The number of unbranched alkanes of at least 4 members (excludes halogenated alkanes) is 5. The van der Waals surface area contributed by atoms with E-state index in [0.29, 0.717) is 13.0 Å². The van der Waals surface area contributed by atoms with Gasteiger partial charge in [-0.25, -0.2) is 14.4 Å². The van der Waals surface area contributed by atoms with Crippen molar-refractivity contribution < 1.29 is 23.7 Å². The van der Waals surface area contributed by atoms with Gasteiger partial charge in [-0.2, -0.15) is 0 Å². The monoisotopic (exact) mass is 251 g/mol.